The normalized spacial score (nSPS) is 11.1. The summed E-state index contributed by atoms with van der Waals surface area (Å²) in [4.78, 5) is 8.96. The molecule has 0 aliphatic carbocycles. The fourth-order valence-electron chi connectivity index (χ4n) is 3.56. The van der Waals surface area contributed by atoms with Crippen LogP contribution in [0.3, 0.4) is 0 Å². The van der Waals surface area contributed by atoms with Gasteiger partial charge in [-0.25, -0.2) is 4.98 Å². The molecule has 1 aromatic carbocycles. The summed E-state index contributed by atoms with van der Waals surface area (Å²) in [5, 5.41) is 3.53. The summed E-state index contributed by atoms with van der Waals surface area (Å²) in [7, 11) is 0. The van der Waals surface area contributed by atoms with E-state index in [1.165, 1.54) is 5.56 Å². The summed E-state index contributed by atoms with van der Waals surface area (Å²) in [6.45, 7) is 6.40. The Morgan fingerprint density at radius 3 is 2.59 bits per heavy atom. The third-order valence-corrected chi connectivity index (χ3v) is 4.91. The molecule has 5 nitrogen and oxygen atoms in total. The number of rotatable bonds is 8. The minimum absolute atomic E-state index is 0.485. The Kier molecular flexibility index (Phi) is 5.86. The van der Waals surface area contributed by atoms with Crippen molar-refractivity contribution in [3.63, 3.8) is 0 Å². The van der Waals surface area contributed by atoms with Crippen LogP contribution in [0, 0.1) is 13.8 Å². The highest BCUT2D eigenvalue weighted by Gasteiger charge is 2.08. The van der Waals surface area contributed by atoms with E-state index in [1.807, 2.05) is 42.6 Å². The summed E-state index contributed by atoms with van der Waals surface area (Å²) in [6, 6.07) is 16.3. The monoisotopic (exact) mass is 386 g/mol. The number of ether oxygens (including phenoxy) is 1. The number of nitrogens with one attached hydrogen (secondary N) is 1. The fourth-order valence-corrected chi connectivity index (χ4v) is 3.56. The molecular formula is C24H26N4O. The Morgan fingerprint density at radius 2 is 1.83 bits per heavy atom. The first-order valence-corrected chi connectivity index (χ1v) is 9.95. The van der Waals surface area contributed by atoms with Crippen molar-refractivity contribution in [1.82, 2.24) is 19.7 Å². The standard InChI is InChI=1S/C24H26N4O/c1-18-13-20(14-19(2)24(18)29-17-22-7-3-5-10-26-22)15-25-11-9-21-16-28-12-6-4-8-23(28)27-21/h3-8,10,12-14,16,25H,9,11,15,17H2,1-2H3. The molecule has 0 radical (unpaired) electrons. The Hall–Kier alpha value is -3.18. The molecule has 0 amide bonds. The predicted molar refractivity (Wildman–Crippen MR) is 115 cm³/mol. The molecule has 0 bridgehead atoms. The molecule has 0 saturated carbocycles. The first-order chi connectivity index (χ1) is 14.2. The molecule has 5 heteroatoms. The highest BCUT2D eigenvalue weighted by molar-refractivity contribution is 5.43. The summed E-state index contributed by atoms with van der Waals surface area (Å²) in [6.07, 6.45) is 6.83. The highest BCUT2D eigenvalue weighted by Crippen LogP contribution is 2.25. The van der Waals surface area contributed by atoms with Crippen LogP contribution in [-0.4, -0.2) is 20.9 Å². The van der Waals surface area contributed by atoms with E-state index in [4.69, 9.17) is 4.74 Å². The van der Waals surface area contributed by atoms with Gasteiger partial charge in [-0.15, -0.1) is 0 Å². The number of aromatic nitrogens is 3. The third kappa shape index (κ3) is 4.81. The van der Waals surface area contributed by atoms with Gasteiger partial charge in [0.2, 0.25) is 0 Å². The first-order valence-electron chi connectivity index (χ1n) is 9.95. The minimum Gasteiger partial charge on any atom is -0.487 e. The van der Waals surface area contributed by atoms with Gasteiger partial charge in [0.05, 0.1) is 11.4 Å². The van der Waals surface area contributed by atoms with Crippen molar-refractivity contribution < 1.29 is 4.74 Å². The lowest BCUT2D eigenvalue weighted by atomic mass is 10.1. The number of imidazole rings is 1. The second kappa shape index (κ2) is 8.88. The molecule has 3 heterocycles. The van der Waals surface area contributed by atoms with Crippen molar-refractivity contribution in [3.05, 3.63) is 95.2 Å². The van der Waals surface area contributed by atoms with Crippen LogP contribution in [0.2, 0.25) is 0 Å². The van der Waals surface area contributed by atoms with Crippen LogP contribution >= 0.6 is 0 Å². The first kappa shape index (κ1) is 19.2. The van der Waals surface area contributed by atoms with Gasteiger partial charge >= 0.3 is 0 Å². The van der Waals surface area contributed by atoms with Crippen LogP contribution in [-0.2, 0) is 19.6 Å². The van der Waals surface area contributed by atoms with E-state index < -0.39 is 0 Å². The quantitative estimate of drug-likeness (QED) is 0.460. The molecule has 3 aromatic heterocycles. The number of hydrogen-bond donors (Lipinski definition) is 1. The number of nitrogens with zero attached hydrogens (tertiary/aromatic N) is 3. The minimum atomic E-state index is 0.485. The maximum atomic E-state index is 6.03. The van der Waals surface area contributed by atoms with Gasteiger partial charge in [0, 0.05) is 38.1 Å². The molecule has 0 fully saturated rings. The molecule has 29 heavy (non-hydrogen) atoms. The SMILES string of the molecule is Cc1cc(CNCCc2cn3ccccc3n2)cc(C)c1OCc1ccccn1. The van der Waals surface area contributed by atoms with Crippen molar-refractivity contribution in [2.45, 2.75) is 33.4 Å². The van der Waals surface area contributed by atoms with E-state index >= 15 is 0 Å². The van der Waals surface area contributed by atoms with Crippen molar-refractivity contribution in [2.75, 3.05) is 6.54 Å². The number of fused-ring (bicyclic) bond motifs is 1. The molecule has 0 aliphatic heterocycles. The van der Waals surface area contributed by atoms with Crippen LogP contribution in [0.1, 0.15) is 28.1 Å². The zero-order valence-electron chi connectivity index (χ0n) is 16.9. The van der Waals surface area contributed by atoms with Gasteiger partial charge in [-0.2, -0.15) is 0 Å². The highest BCUT2D eigenvalue weighted by atomic mass is 16.5. The fraction of sp³-hybridized carbons (Fsp3) is 0.250. The smallest absolute Gasteiger partial charge is 0.136 e. The Balaban J connectivity index is 1.30. The largest absolute Gasteiger partial charge is 0.487 e. The molecule has 0 atom stereocenters. The van der Waals surface area contributed by atoms with Gasteiger partial charge in [0.25, 0.3) is 0 Å². The van der Waals surface area contributed by atoms with Gasteiger partial charge in [-0.1, -0.05) is 24.3 Å². The molecule has 0 unspecified atom stereocenters. The van der Waals surface area contributed by atoms with Crippen LogP contribution in [0.15, 0.2) is 67.1 Å². The summed E-state index contributed by atoms with van der Waals surface area (Å²) >= 11 is 0. The second-order valence-corrected chi connectivity index (χ2v) is 7.29. The lowest BCUT2D eigenvalue weighted by molar-refractivity contribution is 0.297. The van der Waals surface area contributed by atoms with Gasteiger partial charge < -0.3 is 14.5 Å². The van der Waals surface area contributed by atoms with E-state index in [0.717, 1.165) is 53.4 Å². The van der Waals surface area contributed by atoms with Gasteiger partial charge in [-0.05, 0) is 54.8 Å². The summed E-state index contributed by atoms with van der Waals surface area (Å²) < 4.78 is 8.09. The molecular weight excluding hydrogens is 360 g/mol. The average molecular weight is 386 g/mol. The Bertz CT molecular complexity index is 1030. The Labute approximate surface area is 171 Å². The van der Waals surface area contributed by atoms with Crippen LogP contribution in [0.25, 0.3) is 5.65 Å². The summed E-state index contributed by atoms with van der Waals surface area (Å²) in [5.74, 6) is 0.948. The van der Waals surface area contributed by atoms with Crippen molar-refractivity contribution in [3.8, 4) is 5.75 Å². The number of hydrogen-bond acceptors (Lipinski definition) is 4. The molecule has 0 saturated heterocycles. The average Bonchev–Trinajstić information content (AvgIpc) is 3.14. The van der Waals surface area contributed by atoms with E-state index in [0.29, 0.717) is 6.61 Å². The molecule has 4 aromatic rings. The molecule has 0 spiro atoms. The van der Waals surface area contributed by atoms with Gasteiger partial charge in [0.1, 0.15) is 18.0 Å². The zero-order valence-corrected chi connectivity index (χ0v) is 16.9. The van der Waals surface area contributed by atoms with Crippen LogP contribution in [0.5, 0.6) is 5.75 Å². The maximum absolute atomic E-state index is 6.03. The van der Waals surface area contributed by atoms with Crippen molar-refractivity contribution in [1.29, 1.82) is 0 Å². The van der Waals surface area contributed by atoms with E-state index in [1.54, 1.807) is 6.20 Å². The molecule has 148 valence electrons. The Morgan fingerprint density at radius 1 is 1.00 bits per heavy atom. The summed E-state index contributed by atoms with van der Waals surface area (Å²) in [5.41, 5.74) is 6.60. The maximum Gasteiger partial charge on any atom is 0.136 e. The van der Waals surface area contributed by atoms with Gasteiger partial charge in [-0.3, -0.25) is 4.98 Å². The topological polar surface area (TPSA) is 51.5 Å². The molecule has 1 N–H and O–H groups in total. The van der Waals surface area contributed by atoms with Crippen molar-refractivity contribution in [2.24, 2.45) is 0 Å². The van der Waals surface area contributed by atoms with Crippen molar-refractivity contribution >= 4 is 5.65 Å². The lowest BCUT2D eigenvalue weighted by Crippen LogP contribution is -2.17. The number of pyridine rings is 2. The van der Waals surface area contributed by atoms with Crippen LogP contribution < -0.4 is 10.1 Å². The van der Waals surface area contributed by atoms with Gasteiger partial charge in [0.15, 0.2) is 0 Å². The molecule has 0 aliphatic rings. The number of benzene rings is 1. The number of aryl methyl sites for hydroxylation is 2. The zero-order chi connectivity index (χ0) is 20.1. The van der Waals surface area contributed by atoms with E-state index in [9.17, 15) is 0 Å². The van der Waals surface area contributed by atoms with Crippen LogP contribution in [0.4, 0.5) is 0 Å². The second-order valence-electron chi connectivity index (χ2n) is 7.29. The lowest BCUT2D eigenvalue weighted by Gasteiger charge is -2.14. The van der Waals surface area contributed by atoms with E-state index in [2.05, 4.69) is 51.9 Å². The third-order valence-electron chi connectivity index (χ3n) is 4.91. The van der Waals surface area contributed by atoms with E-state index in [-0.39, 0.29) is 0 Å². The molecule has 4 rings (SSSR count). The predicted octanol–water partition coefficient (Wildman–Crippen LogP) is 4.26.